The maximum absolute atomic E-state index is 12.7. The molecule has 1 aliphatic heterocycles. The van der Waals surface area contributed by atoms with Gasteiger partial charge in [-0.25, -0.2) is 14.8 Å². The molecule has 0 radical (unpaired) electrons. The molecule has 0 bridgehead atoms. The Kier molecular flexibility index (Phi) is 3.41. The van der Waals surface area contributed by atoms with Crippen molar-refractivity contribution in [1.29, 1.82) is 0 Å². The summed E-state index contributed by atoms with van der Waals surface area (Å²) in [4.78, 5) is 26.1. The molecule has 4 heterocycles. The topological polar surface area (TPSA) is 66.9 Å². The molecule has 0 amide bonds. The fourth-order valence-corrected chi connectivity index (χ4v) is 4.91. The highest BCUT2D eigenvalue weighted by Gasteiger charge is 2.56. The molecule has 1 aliphatic carbocycles. The van der Waals surface area contributed by atoms with Crippen LogP contribution in [0.4, 0.5) is 5.69 Å². The molecule has 7 nitrogen and oxygen atoms in total. The van der Waals surface area contributed by atoms with E-state index >= 15 is 0 Å². The first-order valence-corrected chi connectivity index (χ1v) is 9.88. The number of hydrogen-bond acceptors (Lipinski definition) is 6. The third-order valence-corrected chi connectivity index (χ3v) is 6.34. The quantitative estimate of drug-likeness (QED) is 0.503. The first kappa shape index (κ1) is 16.7. The van der Waals surface area contributed by atoms with Crippen LogP contribution >= 0.6 is 0 Å². The van der Waals surface area contributed by atoms with Gasteiger partial charge in [-0.1, -0.05) is 0 Å². The summed E-state index contributed by atoms with van der Waals surface area (Å²) in [5, 5.41) is 0.892. The number of nitrogens with zero attached hydrogens (tertiary/aromatic N) is 5. The van der Waals surface area contributed by atoms with Crippen LogP contribution in [-0.4, -0.2) is 52.5 Å². The van der Waals surface area contributed by atoms with E-state index in [9.17, 15) is 4.79 Å². The molecule has 0 spiro atoms. The van der Waals surface area contributed by atoms with E-state index in [1.54, 1.807) is 16.8 Å². The molecule has 1 saturated heterocycles. The lowest BCUT2D eigenvalue weighted by molar-refractivity contribution is 0.357. The predicted molar refractivity (Wildman–Crippen MR) is 111 cm³/mol. The van der Waals surface area contributed by atoms with Crippen LogP contribution in [0.15, 0.2) is 58.1 Å². The average Bonchev–Trinajstić information content (AvgIpc) is 3.04. The van der Waals surface area contributed by atoms with E-state index in [0.717, 1.165) is 36.0 Å². The van der Waals surface area contributed by atoms with Crippen LogP contribution in [0.2, 0.25) is 0 Å². The second-order valence-electron chi connectivity index (χ2n) is 8.31. The van der Waals surface area contributed by atoms with Gasteiger partial charge in [0.25, 0.3) is 0 Å². The van der Waals surface area contributed by atoms with Gasteiger partial charge < -0.3 is 14.2 Å². The number of benzene rings is 1. The Morgan fingerprint density at radius 3 is 2.76 bits per heavy atom. The van der Waals surface area contributed by atoms with Gasteiger partial charge in [-0.3, -0.25) is 4.40 Å². The number of hydrogen-bond donors (Lipinski definition) is 0. The summed E-state index contributed by atoms with van der Waals surface area (Å²) >= 11 is 0. The van der Waals surface area contributed by atoms with Crippen LogP contribution in [0.1, 0.15) is 0 Å². The van der Waals surface area contributed by atoms with E-state index in [-0.39, 0.29) is 5.63 Å². The van der Waals surface area contributed by atoms with Gasteiger partial charge >= 0.3 is 5.63 Å². The van der Waals surface area contributed by atoms with Crippen molar-refractivity contribution in [2.45, 2.75) is 6.04 Å². The SMILES string of the molecule is CN(C)C1[C@H]2CN(c3ccc4cc(-c5cn6cccnc6n5)c(=O)oc4c3)C[C@@H]12. The zero-order chi connectivity index (χ0) is 19.7. The van der Waals surface area contributed by atoms with Crippen molar-refractivity contribution in [3.8, 4) is 11.3 Å². The molecule has 1 unspecified atom stereocenters. The van der Waals surface area contributed by atoms with Gasteiger partial charge in [-0.2, -0.15) is 0 Å². The zero-order valence-electron chi connectivity index (χ0n) is 16.3. The molecular formula is C22H21N5O2. The molecule has 2 aliphatic rings. The molecule has 3 aromatic heterocycles. The highest BCUT2D eigenvalue weighted by molar-refractivity contribution is 5.84. The molecule has 1 aromatic carbocycles. The van der Waals surface area contributed by atoms with Gasteiger partial charge in [0, 0.05) is 54.9 Å². The van der Waals surface area contributed by atoms with Gasteiger partial charge in [0.1, 0.15) is 5.58 Å². The van der Waals surface area contributed by atoms with Gasteiger partial charge in [0.05, 0.1) is 11.3 Å². The van der Waals surface area contributed by atoms with Gasteiger partial charge in [-0.05, 0) is 50.2 Å². The Hall–Kier alpha value is -3.19. The summed E-state index contributed by atoms with van der Waals surface area (Å²) < 4.78 is 7.47. The first-order valence-electron chi connectivity index (χ1n) is 9.88. The maximum atomic E-state index is 12.7. The highest BCUT2D eigenvalue weighted by atomic mass is 16.4. The summed E-state index contributed by atoms with van der Waals surface area (Å²) in [5.74, 6) is 2.05. The maximum Gasteiger partial charge on any atom is 0.345 e. The van der Waals surface area contributed by atoms with Crippen LogP contribution in [0.25, 0.3) is 28.0 Å². The van der Waals surface area contributed by atoms with E-state index < -0.39 is 0 Å². The zero-order valence-corrected chi connectivity index (χ0v) is 16.3. The van der Waals surface area contributed by atoms with Crippen molar-refractivity contribution in [1.82, 2.24) is 19.3 Å². The highest BCUT2D eigenvalue weighted by Crippen LogP contribution is 2.49. The standard InChI is InChI=1S/C22H21N5O2/c1-25(2)20-16-10-27(11-17(16)20)14-5-4-13-8-15(21(28)29-19(13)9-14)18-12-26-7-3-6-23-22(26)24-18/h3-9,12,16-17,20H,10-11H2,1-2H3/t16-,17+,20?. The summed E-state index contributed by atoms with van der Waals surface area (Å²) in [6.07, 6.45) is 5.33. The lowest BCUT2D eigenvalue weighted by Crippen LogP contribution is -2.30. The second-order valence-corrected chi connectivity index (χ2v) is 8.31. The first-order chi connectivity index (χ1) is 14.1. The van der Waals surface area contributed by atoms with Crippen LogP contribution in [-0.2, 0) is 0 Å². The Morgan fingerprint density at radius 1 is 1.17 bits per heavy atom. The number of fused-ring (bicyclic) bond motifs is 3. The molecule has 3 atom stereocenters. The lowest BCUT2D eigenvalue weighted by Gasteiger charge is -2.24. The van der Waals surface area contributed by atoms with Crippen molar-refractivity contribution >= 4 is 22.4 Å². The summed E-state index contributed by atoms with van der Waals surface area (Å²) in [6, 6.07) is 10.5. The molecular weight excluding hydrogens is 366 g/mol. The molecule has 4 aromatic rings. The van der Waals surface area contributed by atoms with Crippen molar-refractivity contribution in [3.63, 3.8) is 0 Å². The van der Waals surface area contributed by atoms with Gasteiger partial charge in [-0.15, -0.1) is 0 Å². The third-order valence-electron chi connectivity index (χ3n) is 6.34. The Bertz CT molecular complexity index is 1260. The van der Waals surface area contributed by atoms with E-state index in [0.29, 0.717) is 28.7 Å². The Balaban J connectivity index is 1.33. The molecule has 1 saturated carbocycles. The minimum Gasteiger partial charge on any atom is -0.422 e. The predicted octanol–water partition coefficient (Wildman–Crippen LogP) is 2.50. The fraction of sp³-hybridized carbons (Fsp3) is 0.318. The minimum absolute atomic E-state index is 0.380. The van der Waals surface area contributed by atoms with E-state index in [2.05, 4.69) is 39.9 Å². The van der Waals surface area contributed by atoms with E-state index in [1.165, 1.54) is 0 Å². The number of anilines is 1. The van der Waals surface area contributed by atoms with Crippen molar-refractivity contribution in [3.05, 3.63) is 59.3 Å². The smallest absolute Gasteiger partial charge is 0.345 e. The van der Waals surface area contributed by atoms with Crippen LogP contribution in [0, 0.1) is 11.8 Å². The van der Waals surface area contributed by atoms with Gasteiger partial charge in [0.2, 0.25) is 5.78 Å². The fourth-order valence-electron chi connectivity index (χ4n) is 4.91. The molecule has 29 heavy (non-hydrogen) atoms. The van der Waals surface area contributed by atoms with Crippen LogP contribution in [0.3, 0.4) is 0 Å². The molecule has 146 valence electrons. The second kappa shape index (κ2) is 5.90. The molecule has 2 fully saturated rings. The van der Waals surface area contributed by atoms with Crippen LogP contribution < -0.4 is 10.5 Å². The minimum atomic E-state index is -0.380. The average molecular weight is 387 g/mol. The van der Waals surface area contributed by atoms with Gasteiger partial charge in [0.15, 0.2) is 0 Å². The Morgan fingerprint density at radius 2 is 2.00 bits per heavy atom. The number of imidazole rings is 1. The number of piperidine rings is 1. The summed E-state index contributed by atoms with van der Waals surface area (Å²) in [6.45, 7) is 2.13. The lowest BCUT2D eigenvalue weighted by atomic mass is 10.1. The molecule has 0 N–H and O–H groups in total. The normalized spacial score (nSPS) is 23.3. The third kappa shape index (κ3) is 2.57. The van der Waals surface area contributed by atoms with Crippen LogP contribution in [0.5, 0.6) is 0 Å². The van der Waals surface area contributed by atoms with E-state index in [4.69, 9.17) is 4.42 Å². The summed E-state index contributed by atoms with van der Waals surface area (Å²) in [7, 11) is 4.32. The Labute approximate surface area is 167 Å². The number of aromatic nitrogens is 3. The monoisotopic (exact) mass is 387 g/mol. The largest absolute Gasteiger partial charge is 0.422 e. The van der Waals surface area contributed by atoms with Crippen molar-refractivity contribution < 1.29 is 4.42 Å². The molecule has 7 heteroatoms. The molecule has 6 rings (SSSR count). The van der Waals surface area contributed by atoms with Crippen molar-refractivity contribution in [2.24, 2.45) is 11.8 Å². The van der Waals surface area contributed by atoms with E-state index in [1.807, 2.05) is 30.5 Å². The summed E-state index contributed by atoms with van der Waals surface area (Å²) in [5.41, 5.74) is 2.37. The number of rotatable bonds is 3. The van der Waals surface area contributed by atoms with Crippen molar-refractivity contribution in [2.75, 3.05) is 32.1 Å².